The van der Waals surface area contributed by atoms with Crippen LogP contribution in [0.3, 0.4) is 0 Å². The highest BCUT2D eigenvalue weighted by atomic mass is 19.1. The molecule has 3 aromatic rings. The number of benzene rings is 2. The minimum atomic E-state index is -0.929. The lowest BCUT2D eigenvalue weighted by Gasteiger charge is -2.38. The standard InChI is InChI=1S/C27H34FN3O3/c1-21(2)26-29-13-16-31(26)17-18-33-23-9-7-22(8-10-23)19-30-14-11-27(32,12-15-30)20-34-25-6-4-3-5-24(25)28/h3-10,13,16,21,32H,11-12,14-15,17-20H2,1-2H3. The first-order valence-electron chi connectivity index (χ1n) is 12.0. The van der Waals surface area contributed by atoms with Gasteiger partial charge in [0, 0.05) is 37.9 Å². The van der Waals surface area contributed by atoms with Crippen molar-refractivity contribution in [2.24, 2.45) is 0 Å². The average molecular weight is 468 g/mol. The molecule has 0 aliphatic carbocycles. The van der Waals surface area contributed by atoms with Gasteiger partial charge >= 0.3 is 0 Å². The molecule has 34 heavy (non-hydrogen) atoms. The Kier molecular flexibility index (Phi) is 7.85. The summed E-state index contributed by atoms with van der Waals surface area (Å²) in [5.74, 6) is 2.10. The van der Waals surface area contributed by atoms with Crippen LogP contribution in [0, 0.1) is 5.82 Å². The zero-order chi connectivity index (χ0) is 24.0. The summed E-state index contributed by atoms with van der Waals surface area (Å²) in [5, 5.41) is 10.8. The van der Waals surface area contributed by atoms with Crippen molar-refractivity contribution in [1.82, 2.24) is 14.5 Å². The number of halogens is 1. The smallest absolute Gasteiger partial charge is 0.165 e. The van der Waals surface area contributed by atoms with Crippen molar-refractivity contribution in [1.29, 1.82) is 0 Å². The first-order chi connectivity index (χ1) is 16.4. The number of piperidine rings is 1. The fourth-order valence-corrected chi connectivity index (χ4v) is 4.27. The molecule has 0 spiro atoms. The summed E-state index contributed by atoms with van der Waals surface area (Å²) >= 11 is 0. The third kappa shape index (κ3) is 6.36. The van der Waals surface area contributed by atoms with Gasteiger partial charge < -0.3 is 19.1 Å². The number of likely N-dealkylation sites (tertiary alicyclic amines) is 1. The zero-order valence-electron chi connectivity index (χ0n) is 20.0. The molecule has 1 saturated heterocycles. The van der Waals surface area contributed by atoms with Crippen LogP contribution in [0.25, 0.3) is 0 Å². The van der Waals surface area contributed by atoms with Gasteiger partial charge in [0.05, 0.1) is 6.54 Å². The molecule has 2 aromatic carbocycles. The van der Waals surface area contributed by atoms with Crippen LogP contribution < -0.4 is 9.47 Å². The maximum absolute atomic E-state index is 13.8. The summed E-state index contributed by atoms with van der Waals surface area (Å²) in [6.07, 6.45) is 5.01. The molecule has 2 heterocycles. The summed E-state index contributed by atoms with van der Waals surface area (Å²) < 4.78 is 27.4. The van der Waals surface area contributed by atoms with Crippen LogP contribution in [0.4, 0.5) is 4.39 Å². The van der Waals surface area contributed by atoms with Crippen molar-refractivity contribution in [3.8, 4) is 11.5 Å². The minimum absolute atomic E-state index is 0.103. The van der Waals surface area contributed by atoms with Gasteiger partial charge in [-0.25, -0.2) is 9.37 Å². The predicted octanol–water partition coefficient (Wildman–Crippen LogP) is 4.63. The first-order valence-corrected chi connectivity index (χ1v) is 12.0. The molecule has 0 radical (unpaired) electrons. The molecule has 0 atom stereocenters. The van der Waals surface area contributed by atoms with Gasteiger partial charge in [-0.05, 0) is 42.7 Å². The highest BCUT2D eigenvalue weighted by Gasteiger charge is 2.33. The highest BCUT2D eigenvalue weighted by Crippen LogP contribution is 2.26. The van der Waals surface area contributed by atoms with Crippen LogP contribution in [-0.2, 0) is 13.1 Å². The van der Waals surface area contributed by atoms with Crippen LogP contribution in [0.1, 0.15) is 44.0 Å². The SMILES string of the molecule is CC(C)c1nccn1CCOc1ccc(CN2CCC(O)(COc3ccccc3F)CC2)cc1. The molecule has 1 aliphatic heterocycles. The molecule has 0 saturated carbocycles. The van der Waals surface area contributed by atoms with Gasteiger partial charge in [0.2, 0.25) is 0 Å². The van der Waals surface area contributed by atoms with E-state index in [4.69, 9.17) is 9.47 Å². The Labute approximate surface area is 201 Å². The molecule has 4 rings (SSSR count). The second-order valence-electron chi connectivity index (χ2n) is 9.35. The third-order valence-corrected chi connectivity index (χ3v) is 6.31. The van der Waals surface area contributed by atoms with E-state index in [1.54, 1.807) is 18.2 Å². The van der Waals surface area contributed by atoms with Crippen molar-refractivity contribution in [2.75, 3.05) is 26.3 Å². The number of imidazole rings is 1. The number of hydrogen-bond donors (Lipinski definition) is 1. The lowest BCUT2D eigenvalue weighted by atomic mass is 9.92. The molecule has 1 N–H and O–H groups in total. The second-order valence-corrected chi connectivity index (χ2v) is 9.35. The van der Waals surface area contributed by atoms with Gasteiger partial charge in [-0.1, -0.05) is 38.1 Å². The highest BCUT2D eigenvalue weighted by molar-refractivity contribution is 5.27. The summed E-state index contributed by atoms with van der Waals surface area (Å²) in [4.78, 5) is 6.73. The Morgan fingerprint density at radius 3 is 2.50 bits per heavy atom. The first kappa shape index (κ1) is 24.2. The van der Waals surface area contributed by atoms with Crippen LogP contribution in [-0.4, -0.2) is 51.5 Å². The lowest BCUT2D eigenvalue weighted by molar-refractivity contribution is -0.0543. The number of ether oxygens (including phenoxy) is 2. The van der Waals surface area contributed by atoms with Crippen LogP contribution in [0.15, 0.2) is 60.9 Å². The lowest BCUT2D eigenvalue weighted by Crippen LogP contribution is -2.47. The van der Waals surface area contributed by atoms with E-state index < -0.39 is 11.4 Å². The fourth-order valence-electron chi connectivity index (χ4n) is 4.27. The van der Waals surface area contributed by atoms with E-state index in [-0.39, 0.29) is 12.4 Å². The van der Waals surface area contributed by atoms with Gasteiger partial charge in [0.1, 0.15) is 30.4 Å². The van der Waals surface area contributed by atoms with Gasteiger partial charge in [-0.3, -0.25) is 4.90 Å². The summed E-state index contributed by atoms with van der Waals surface area (Å²) in [7, 11) is 0. The molecule has 0 unspecified atom stereocenters. The third-order valence-electron chi connectivity index (χ3n) is 6.31. The number of aromatic nitrogens is 2. The summed E-state index contributed by atoms with van der Waals surface area (Å²) in [6.45, 7) is 8.09. The quantitative estimate of drug-likeness (QED) is 0.471. The van der Waals surface area contributed by atoms with E-state index in [2.05, 4.69) is 40.4 Å². The van der Waals surface area contributed by atoms with E-state index in [0.29, 0.717) is 25.4 Å². The van der Waals surface area contributed by atoms with E-state index in [1.807, 2.05) is 24.5 Å². The zero-order valence-corrected chi connectivity index (χ0v) is 20.0. The molecule has 6 nitrogen and oxygen atoms in total. The van der Waals surface area contributed by atoms with Crippen LogP contribution in [0.2, 0.25) is 0 Å². The topological polar surface area (TPSA) is 59.8 Å². The molecule has 0 amide bonds. The number of aliphatic hydroxyl groups is 1. The molecular formula is C27H34FN3O3. The van der Waals surface area contributed by atoms with Crippen molar-refractivity contribution in [3.63, 3.8) is 0 Å². The number of hydrogen-bond acceptors (Lipinski definition) is 5. The van der Waals surface area contributed by atoms with E-state index >= 15 is 0 Å². The minimum Gasteiger partial charge on any atom is -0.492 e. The Morgan fingerprint density at radius 2 is 1.79 bits per heavy atom. The van der Waals surface area contributed by atoms with Gasteiger partial charge in [0.25, 0.3) is 0 Å². The largest absolute Gasteiger partial charge is 0.492 e. The summed E-state index contributed by atoms with van der Waals surface area (Å²) in [5.41, 5.74) is 0.276. The Bertz CT molecular complexity index is 1040. The maximum Gasteiger partial charge on any atom is 0.165 e. The summed E-state index contributed by atoms with van der Waals surface area (Å²) in [6, 6.07) is 14.5. The van der Waals surface area contributed by atoms with Crippen molar-refractivity contribution in [2.45, 2.75) is 51.3 Å². The maximum atomic E-state index is 13.8. The monoisotopic (exact) mass is 467 g/mol. The number of nitrogens with zero attached hydrogens (tertiary/aromatic N) is 3. The molecular weight excluding hydrogens is 433 g/mol. The number of rotatable bonds is 10. The molecule has 7 heteroatoms. The van der Waals surface area contributed by atoms with E-state index in [9.17, 15) is 9.50 Å². The Balaban J connectivity index is 1.20. The molecule has 0 bridgehead atoms. The van der Waals surface area contributed by atoms with Crippen LogP contribution >= 0.6 is 0 Å². The molecule has 1 aromatic heterocycles. The van der Waals surface area contributed by atoms with Crippen molar-refractivity contribution in [3.05, 3.63) is 78.1 Å². The fraction of sp³-hybridized carbons (Fsp3) is 0.444. The molecule has 182 valence electrons. The van der Waals surface area contributed by atoms with Crippen molar-refractivity contribution >= 4 is 0 Å². The van der Waals surface area contributed by atoms with Gasteiger partial charge in [-0.15, -0.1) is 0 Å². The van der Waals surface area contributed by atoms with Crippen LogP contribution in [0.5, 0.6) is 11.5 Å². The van der Waals surface area contributed by atoms with Gasteiger partial charge in [0.15, 0.2) is 11.6 Å². The Morgan fingerprint density at radius 1 is 1.06 bits per heavy atom. The molecule has 1 aliphatic rings. The predicted molar refractivity (Wildman–Crippen MR) is 130 cm³/mol. The van der Waals surface area contributed by atoms with E-state index in [0.717, 1.165) is 37.8 Å². The van der Waals surface area contributed by atoms with Crippen molar-refractivity contribution < 1.29 is 19.0 Å². The Hall–Kier alpha value is -2.90. The van der Waals surface area contributed by atoms with E-state index in [1.165, 1.54) is 11.6 Å². The molecule has 1 fully saturated rings. The van der Waals surface area contributed by atoms with Gasteiger partial charge in [-0.2, -0.15) is 0 Å². The normalized spacial score (nSPS) is 16.0. The average Bonchev–Trinajstić information content (AvgIpc) is 3.30. The second kappa shape index (κ2) is 11.0. The number of para-hydroxylation sites is 1.